The van der Waals surface area contributed by atoms with E-state index in [2.05, 4.69) is 29.8 Å². The van der Waals surface area contributed by atoms with Gasteiger partial charge >= 0.3 is 0 Å². The molecule has 3 nitrogen and oxygen atoms in total. The monoisotopic (exact) mass is 288 g/mol. The topological polar surface area (TPSA) is 33.2 Å². The maximum absolute atomic E-state index is 12.9. The van der Waals surface area contributed by atoms with Gasteiger partial charge in [-0.15, -0.1) is 0 Å². The molecule has 1 fully saturated rings. The molecule has 0 aliphatic heterocycles. The number of carbonyl (C=O) groups is 1. The van der Waals surface area contributed by atoms with Crippen LogP contribution >= 0.6 is 0 Å². The van der Waals surface area contributed by atoms with Crippen LogP contribution < -0.4 is 0 Å². The van der Waals surface area contributed by atoms with Gasteiger partial charge in [0.2, 0.25) is 0 Å². The lowest BCUT2D eigenvalue weighted by Crippen LogP contribution is -2.54. The van der Waals surface area contributed by atoms with E-state index in [4.69, 9.17) is 0 Å². The van der Waals surface area contributed by atoms with Gasteiger partial charge in [-0.2, -0.15) is 0 Å². The summed E-state index contributed by atoms with van der Waals surface area (Å²) >= 11 is 0. The van der Waals surface area contributed by atoms with Crippen LogP contribution in [0, 0.1) is 5.92 Å². The van der Waals surface area contributed by atoms with Crippen molar-refractivity contribution in [2.45, 2.75) is 57.9 Å². The number of likely N-dealkylation sites (N-methyl/N-ethyl adjacent to an activating group) is 1. The number of aromatic nitrogens is 1. The van der Waals surface area contributed by atoms with Crippen molar-refractivity contribution in [1.29, 1.82) is 0 Å². The average Bonchev–Trinajstić information content (AvgIpc) is 2.47. The number of Topliss-reactive ketones (excluding diaryl/α,β-unsaturated/α-hetero) is 1. The number of hydrogen-bond donors (Lipinski definition) is 0. The first-order valence-electron chi connectivity index (χ1n) is 8.12. The minimum absolute atomic E-state index is 0.289. The number of ketones is 1. The van der Waals surface area contributed by atoms with Crippen LogP contribution in [-0.4, -0.2) is 35.3 Å². The zero-order valence-electron chi connectivity index (χ0n) is 13.9. The first kappa shape index (κ1) is 16.2. The number of hydrogen-bond acceptors (Lipinski definition) is 3. The number of carbonyl (C=O) groups excluding carboxylic acids is 1. The third kappa shape index (κ3) is 3.52. The molecule has 2 atom stereocenters. The van der Waals surface area contributed by atoms with Crippen LogP contribution in [0.5, 0.6) is 0 Å². The predicted molar refractivity (Wildman–Crippen MR) is 86.4 cm³/mol. The number of aryl methyl sites for hydroxylation is 1. The summed E-state index contributed by atoms with van der Waals surface area (Å²) in [5.41, 5.74) is 1.83. The molecule has 0 amide bonds. The smallest absolute Gasteiger partial charge is 0.158 e. The van der Waals surface area contributed by atoms with Gasteiger partial charge in [-0.05, 0) is 50.9 Å². The summed E-state index contributed by atoms with van der Waals surface area (Å²) in [6, 6.07) is 4.09. The zero-order chi connectivity index (χ0) is 15.5. The van der Waals surface area contributed by atoms with Crippen LogP contribution in [0.1, 0.15) is 50.8 Å². The van der Waals surface area contributed by atoms with E-state index in [0.29, 0.717) is 18.1 Å². The van der Waals surface area contributed by atoms with Crippen LogP contribution in [-0.2, 0) is 17.6 Å². The predicted octanol–water partition coefficient (Wildman–Crippen LogP) is 3.27. The van der Waals surface area contributed by atoms with Crippen LogP contribution in [0.15, 0.2) is 18.3 Å². The summed E-state index contributed by atoms with van der Waals surface area (Å²) in [6.07, 6.45) is 7.69. The number of rotatable bonds is 5. The fourth-order valence-corrected chi connectivity index (χ4v) is 3.53. The van der Waals surface area contributed by atoms with E-state index in [-0.39, 0.29) is 5.54 Å². The Kier molecular flexibility index (Phi) is 5.15. The fraction of sp³-hybridized carbons (Fsp3) is 0.667. The van der Waals surface area contributed by atoms with Crippen molar-refractivity contribution in [2.75, 3.05) is 14.1 Å². The minimum Gasteiger partial charge on any atom is -0.297 e. The molecule has 2 unspecified atom stereocenters. The van der Waals surface area contributed by atoms with Gasteiger partial charge in [0.15, 0.2) is 5.78 Å². The van der Waals surface area contributed by atoms with E-state index >= 15 is 0 Å². The largest absolute Gasteiger partial charge is 0.297 e. The Bertz CT molecular complexity index is 480. The molecule has 3 heteroatoms. The zero-order valence-corrected chi connectivity index (χ0v) is 13.9. The molecule has 0 spiro atoms. The van der Waals surface area contributed by atoms with Gasteiger partial charge < -0.3 is 0 Å². The Morgan fingerprint density at radius 2 is 2.19 bits per heavy atom. The van der Waals surface area contributed by atoms with Gasteiger partial charge in [-0.25, -0.2) is 0 Å². The summed E-state index contributed by atoms with van der Waals surface area (Å²) in [4.78, 5) is 19.5. The lowest BCUT2D eigenvalue weighted by Gasteiger charge is -2.43. The highest BCUT2D eigenvalue weighted by Gasteiger charge is 2.42. The highest BCUT2D eigenvalue weighted by Crippen LogP contribution is 2.37. The Labute approximate surface area is 128 Å². The first-order valence-corrected chi connectivity index (χ1v) is 8.12. The minimum atomic E-state index is -0.289. The maximum Gasteiger partial charge on any atom is 0.158 e. The highest BCUT2D eigenvalue weighted by molar-refractivity contribution is 5.90. The van der Waals surface area contributed by atoms with E-state index in [9.17, 15) is 4.79 Å². The fourth-order valence-electron chi connectivity index (χ4n) is 3.53. The second-order valence-electron chi connectivity index (χ2n) is 6.74. The van der Waals surface area contributed by atoms with Gasteiger partial charge in [-0.1, -0.05) is 32.8 Å². The van der Waals surface area contributed by atoms with Gasteiger partial charge in [0.1, 0.15) is 0 Å². The van der Waals surface area contributed by atoms with Crippen LogP contribution in [0.25, 0.3) is 0 Å². The molecular weight excluding hydrogens is 260 g/mol. The summed E-state index contributed by atoms with van der Waals surface area (Å²) < 4.78 is 0. The molecule has 1 aromatic heterocycles. The molecule has 1 saturated carbocycles. The molecule has 1 aliphatic rings. The van der Waals surface area contributed by atoms with Gasteiger partial charge in [0.25, 0.3) is 0 Å². The number of pyridine rings is 1. The Balaban J connectivity index is 2.14. The number of nitrogens with zero attached hydrogens (tertiary/aromatic N) is 2. The van der Waals surface area contributed by atoms with Gasteiger partial charge in [-0.3, -0.25) is 14.7 Å². The molecule has 116 valence electrons. The first-order chi connectivity index (χ1) is 9.98. The molecule has 0 radical (unpaired) electrons. The third-order valence-electron chi connectivity index (χ3n) is 4.98. The normalized spacial score (nSPS) is 26.0. The van der Waals surface area contributed by atoms with E-state index in [1.54, 1.807) is 0 Å². The van der Waals surface area contributed by atoms with Crippen molar-refractivity contribution in [3.8, 4) is 0 Å². The Hall–Kier alpha value is -1.22. The maximum atomic E-state index is 12.9. The van der Waals surface area contributed by atoms with Crippen LogP contribution in [0.3, 0.4) is 0 Å². The van der Waals surface area contributed by atoms with E-state index < -0.39 is 0 Å². The molecule has 1 aliphatic carbocycles. The van der Waals surface area contributed by atoms with Crippen molar-refractivity contribution in [3.05, 3.63) is 29.6 Å². The molecule has 1 heterocycles. The van der Waals surface area contributed by atoms with Crippen molar-refractivity contribution in [2.24, 2.45) is 5.92 Å². The second-order valence-corrected chi connectivity index (χ2v) is 6.74. The molecule has 21 heavy (non-hydrogen) atoms. The lowest BCUT2D eigenvalue weighted by molar-refractivity contribution is -0.132. The average molecular weight is 288 g/mol. The Morgan fingerprint density at radius 1 is 1.43 bits per heavy atom. The van der Waals surface area contributed by atoms with E-state index in [0.717, 1.165) is 31.4 Å². The van der Waals surface area contributed by atoms with Crippen LogP contribution in [0.2, 0.25) is 0 Å². The summed E-state index contributed by atoms with van der Waals surface area (Å²) in [6.45, 7) is 4.38. The van der Waals surface area contributed by atoms with Gasteiger partial charge in [0, 0.05) is 11.9 Å². The summed E-state index contributed by atoms with van der Waals surface area (Å²) in [5, 5.41) is 0. The molecule has 0 N–H and O–H groups in total. The summed E-state index contributed by atoms with van der Waals surface area (Å²) in [7, 11) is 4.09. The van der Waals surface area contributed by atoms with E-state index in [1.165, 1.54) is 12.0 Å². The van der Waals surface area contributed by atoms with Crippen molar-refractivity contribution >= 4 is 5.78 Å². The molecule has 2 rings (SSSR count). The third-order valence-corrected chi connectivity index (χ3v) is 4.98. The molecule has 0 bridgehead atoms. The molecule has 0 saturated heterocycles. The van der Waals surface area contributed by atoms with E-state index in [1.807, 2.05) is 26.4 Å². The summed E-state index contributed by atoms with van der Waals surface area (Å²) in [5.74, 6) is 0.955. The quantitative estimate of drug-likeness (QED) is 0.834. The van der Waals surface area contributed by atoms with Crippen LogP contribution in [0.4, 0.5) is 0 Å². The standard InChI is InChI=1S/C18H28N2O/c1-5-15-8-9-16(19-13-15)11-17(21)18(20(3)4)10-6-7-14(2)12-18/h8-9,13-14H,5-7,10-12H2,1-4H3. The van der Waals surface area contributed by atoms with Crippen molar-refractivity contribution < 1.29 is 4.79 Å². The Morgan fingerprint density at radius 3 is 2.71 bits per heavy atom. The molecule has 0 aromatic carbocycles. The van der Waals surface area contributed by atoms with Gasteiger partial charge in [0.05, 0.1) is 12.0 Å². The van der Waals surface area contributed by atoms with Crippen molar-refractivity contribution in [1.82, 2.24) is 9.88 Å². The molecule has 1 aromatic rings. The second kappa shape index (κ2) is 6.69. The highest BCUT2D eigenvalue weighted by atomic mass is 16.1. The lowest BCUT2D eigenvalue weighted by atomic mass is 9.72. The molecular formula is C18H28N2O. The SMILES string of the molecule is CCc1ccc(CC(=O)C2(N(C)C)CCCC(C)C2)nc1. The van der Waals surface area contributed by atoms with Crippen molar-refractivity contribution in [3.63, 3.8) is 0 Å².